The first kappa shape index (κ1) is 9.44. The van der Waals surface area contributed by atoms with E-state index in [1.807, 2.05) is 0 Å². The van der Waals surface area contributed by atoms with Gasteiger partial charge in [-0.3, -0.25) is 0 Å². The van der Waals surface area contributed by atoms with E-state index in [9.17, 15) is 0 Å². The van der Waals surface area contributed by atoms with Crippen LogP contribution in [-0.2, 0) is 0 Å². The number of nitrogens with one attached hydrogen (secondary N) is 1. The predicted molar refractivity (Wildman–Crippen MR) is 18.7 cm³/mol. The Morgan fingerprint density at radius 2 is 2.00 bits per heavy atom. The molecule has 0 amide bonds. The molecule has 3 heteroatoms. The fraction of sp³-hybridized carbons (Fsp3) is 0.500. The summed E-state index contributed by atoms with van der Waals surface area (Å²) in [7, 11) is 1.56. The van der Waals surface area contributed by atoms with Crippen LogP contribution < -0.4 is 51.4 Å². The van der Waals surface area contributed by atoms with Crippen molar-refractivity contribution in [2.45, 2.75) is 0 Å². The summed E-state index contributed by atoms with van der Waals surface area (Å²) in [5.74, 6) is 0. The van der Waals surface area contributed by atoms with Crippen molar-refractivity contribution in [3.8, 4) is 0 Å². The molecule has 24 valence electrons. The SMILES string of the molecule is CN=C[NH-].[K+]. The molecule has 0 aromatic rings. The first-order valence-electron chi connectivity index (χ1n) is 0.994. The maximum absolute atomic E-state index is 6.16. The van der Waals surface area contributed by atoms with Crippen LogP contribution in [0.25, 0.3) is 5.73 Å². The molecule has 0 aliphatic carbocycles. The summed E-state index contributed by atoms with van der Waals surface area (Å²) in [5, 5.41) is 0. The molecule has 0 heterocycles. The standard InChI is InChI=1S/C2H5N2.K/c1-4-2-3;/h2H,1H3,(H-,3,4);/q-1;+1. The first-order chi connectivity index (χ1) is 1.91. The van der Waals surface area contributed by atoms with Gasteiger partial charge in [-0.1, -0.05) is 7.05 Å². The molecule has 0 aromatic carbocycles. The summed E-state index contributed by atoms with van der Waals surface area (Å²) in [6.45, 7) is 0. The Hall–Kier alpha value is 1.11. The molecular weight excluding hydrogens is 91.1 g/mol. The molecule has 0 spiro atoms. The molecule has 0 aliphatic heterocycles. The van der Waals surface area contributed by atoms with Crippen LogP contribution in [0, 0.1) is 0 Å². The van der Waals surface area contributed by atoms with Gasteiger partial charge in [0, 0.05) is 0 Å². The van der Waals surface area contributed by atoms with Gasteiger partial charge in [-0.25, -0.2) is 0 Å². The molecule has 0 atom stereocenters. The van der Waals surface area contributed by atoms with Gasteiger partial charge in [0.05, 0.1) is 0 Å². The van der Waals surface area contributed by atoms with E-state index in [2.05, 4.69) is 4.99 Å². The third-order valence-corrected chi connectivity index (χ3v) is 0.129. The average Bonchev–Trinajstić information content (AvgIpc) is 1.37. The molecule has 0 rings (SSSR count). The van der Waals surface area contributed by atoms with Crippen LogP contribution in [0.5, 0.6) is 0 Å². The first-order valence-corrected chi connectivity index (χ1v) is 0.994. The van der Waals surface area contributed by atoms with E-state index in [4.69, 9.17) is 5.73 Å². The molecule has 0 saturated heterocycles. The van der Waals surface area contributed by atoms with Crippen LogP contribution in [-0.4, -0.2) is 13.4 Å². The van der Waals surface area contributed by atoms with Crippen LogP contribution >= 0.6 is 0 Å². The quantitative estimate of drug-likeness (QED) is 0.185. The Kier molecular flexibility index (Phi) is 16.9. The second kappa shape index (κ2) is 8.92. The second-order valence-electron chi connectivity index (χ2n) is 0.387. The summed E-state index contributed by atoms with van der Waals surface area (Å²) in [6.07, 6.45) is 1.00. The number of nitrogens with zero attached hydrogens (tertiary/aromatic N) is 1. The Labute approximate surface area is 74.3 Å². The number of hydrogen-bond acceptors (Lipinski definition) is 1. The molecule has 0 bridgehead atoms. The summed E-state index contributed by atoms with van der Waals surface area (Å²) < 4.78 is 0. The minimum absolute atomic E-state index is 0. The molecule has 0 saturated carbocycles. The fourth-order valence-corrected chi connectivity index (χ4v) is 0. The van der Waals surface area contributed by atoms with Crippen molar-refractivity contribution in [3.63, 3.8) is 0 Å². The van der Waals surface area contributed by atoms with Crippen molar-refractivity contribution in [2.75, 3.05) is 7.05 Å². The second-order valence-corrected chi connectivity index (χ2v) is 0.387. The maximum Gasteiger partial charge on any atom is 1.00 e. The van der Waals surface area contributed by atoms with E-state index in [-0.39, 0.29) is 51.4 Å². The molecule has 5 heavy (non-hydrogen) atoms. The zero-order chi connectivity index (χ0) is 3.41. The van der Waals surface area contributed by atoms with Crippen molar-refractivity contribution in [3.05, 3.63) is 5.73 Å². The predicted octanol–water partition coefficient (Wildman–Crippen LogP) is -2.30. The Morgan fingerprint density at radius 3 is 2.00 bits per heavy atom. The third-order valence-electron chi connectivity index (χ3n) is 0.129. The van der Waals surface area contributed by atoms with E-state index >= 15 is 0 Å². The van der Waals surface area contributed by atoms with E-state index in [1.165, 1.54) is 0 Å². The zero-order valence-corrected chi connectivity index (χ0v) is 6.65. The largest absolute Gasteiger partial charge is 1.00 e. The van der Waals surface area contributed by atoms with Crippen molar-refractivity contribution < 1.29 is 51.4 Å². The van der Waals surface area contributed by atoms with Crippen molar-refractivity contribution in [1.29, 1.82) is 0 Å². The van der Waals surface area contributed by atoms with Crippen LogP contribution in [0.15, 0.2) is 4.99 Å². The van der Waals surface area contributed by atoms with E-state index in [0.717, 1.165) is 6.34 Å². The summed E-state index contributed by atoms with van der Waals surface area (Å²) in [5.41, 5.74) is 6.16. The molecule has 0 aromatic heterocycles. The normalized spacial score (nSPS) is 7.40. The van der Waals surface area contributed by atoms with Gasteiger partial charge in [0.1, 0.15) is 0 Å². The van der Waals surface area contributed by atoms with E-state index in [0.29, 0.717) is 0 Å². The number of hydrogen-bond donors (Lipinski definition) is 0. The van der Waals surface area contributed by atoms with Crippen LogP contribution in [0.4, 0.5) is 0 Å². The van der Waals surface area contributed by atoms with Gasteiger partial charge in [-0.05, 0) is 0 Å². The molecule has 0 radical (unpaired) electrons. The molecule has 2 nitrogen and oxygen atoms in total. The Morgan fingerprint density at radius 1 is 1.80 bits per heavy atom. The summed E-state index contributed by atoms with van der Waals surface area (Å²) in [4.78, 5) is 3.28. The van der Waals surface area contributed by atoms with Crippen LogP contribution in [0.2, 0.25) is 0 Å². The molecule has 0 fully saturated rings. The fourth-order valence-electron chi connectivity index (χ4n) is 0. The van der Waals surface area contributed by atoms with Crippen LogP contribution in [0.3, 0.4) is 0 Å². The number of rotatable bonds is 0. The van der Waals surface area contributed by atoms with Gasteiger partial charge < -0.3 is 10.7 Å². The average molecular weight is 96.2 g/mol. The van der Waals surface area contributed by atoms with Gasteiger partial charge in [0.15, 0.2) is 0 Å². The van der Waals surface area contributed by atoms with E-state index in [1.54, 1.807) is 7.05 Å². The maximum atomic E-state index is 6.16. The number of aliphatic imine (C=N–C) groups is 1. The molecule has 1 N–H and O–H groups in total. The summed E-state index contributed by atoms with van der Waals surface area (Å²) in [6, 6.07) is 0. The molecule has 0 unspecified atom stereocenters. The van der Waals surface area contributed by atoms with Gasteiger partial charge >= 0.3 is 51.4 Å². The van der Waals surface area contributed by atoms with Crippen molar-refractivity contribution in [2.24, 2.45) is 4.99 Å². The zero-order valence-electron chi connectivity index (χ0n) is 3.52. The Balaban J connectivity index is 0. The third kappa shape index (κ3) is 11.1. The molecule has 0 aliphatic rings. The van der Waals surface area contributed by atoms with Crippen molar-refractivity contribution in [1.82, 2.24) is 0 Å². The van der Waals surface area contributed by atoms with Gasteiger partial charge in [-0.15, -0.1) is 6.34 Å². The van der Waals surface area contributed by atoms with E-state index < -0.39 is 0 Å². The smallest absolute Gasteiger partial charge is 0.489 e. The van der Waals surface area contributed by atoms with Crippen molar-refractivity contribution >= 4 is 6.34 Å². The monoisotopic (exact) mass is 96.0 g/mol. The van der Waals surface area contributed by atoms with Crippen LogP contribution in [0.1, 0.15) is 0 Å². The minimum Gasteiger partial charge on any atom is -0.489 e. The van der Waals surface area contributed by atoms with Gasteiger partial charge in [0.25, 0.3) is 0 Å². The Bertz CT molecular complexity index is 22.8. The topological polar surface area (TPSA) is 36.2 Å². The van der Waals surface area contributed by atoms with Gasteiger partial charge in [0.2, 0.25) is 0 Å². The molecular formula is C2H5KN2. The van der Waals surface area contributed by atoms with Gasteiger partial charge in [-0.2, -0.15) is 0 Å². The minimum atomic E-state index is 0. The summed E-state index contributed by atoms with van der Waals surface area (Å²) >= 11 is 0.